The Morgan fingerprint density at radius 1 is 1.19 bits per heavy atom. The number of hydrogen-bond donors (Lipinski definition) is 2. The number of aryl methyl sites for hydroxylation is 1. The minimum Gasteiger partial charge on any atom is -0.326 e. The summed E-state index contributed by atoms with van der Waals surface area (Å²) >= 11 is 0. The van der Waals surface area contributed by atoms with Crippen molar-refractivity contribution >= 4 is 23.2 Å². The van der Waals surface area contributed by atoms with E-state index in [4.69, 9.17) is 0 Å². The molecule has 2 N–H and O–H groups in total. The molecule has 0 fully saturated rings. The quantitative estimate of drug-likeness (QED) is 0.651. The molecule has 2 amide bonds. The molecule has 1 aliphatic heterocycles. The first-order valence-corrected chi connectivity index (χ1v) is 9.59. The molecule has 7 nitrogen and oxygen atoms in total. The molecule has 0 atom stereocenters. The van der Waals surface area contributed by atoms with Crippen molar-refractivity contribution in [3.05, 3.63) is 76.0 Å². The third-order valence-electron chi connectivity index (χ3n) is 5.01. The molecule has 0 saturated heterocycles. The molecule has 164 valence electrons. The Hall–Kier alpha value is -3.95. The summed E-state index contributed by atoms with van der Waals surface area (Å²) in [4.78, 5) is 46.4. The highest BCUT2D eigenvalue weighted by molar-refractivity contribution is 6.07. The molecule has 0 saturated carbocycles. The van der Waals surface area contributed by atoms with E-state index in [0.717, 1.165) is 24.3 Å². The monoisotopic (exact) mass is 442 g/mol. The van der Waals surface area contributed by atoms with Gasteiger partial charge in [-0.2, -0.15) is 13.2 Å². The zero-order valence-electron chi connectivity index (χ0n) is 16.8. The Labute approximate surface area is 179 Å². The van der Waals surface area contributed by atoms with E-state index in [1.807, 2.05) is 0 Å². The van der Waals surface area contributed by atoms with Crippen molar-refractivity contribution in [3.63, 3.8) is 0 Å². The number of H-pyrrole nitrogens is 1. The van der Waals surface area contributed by atoms with Crippen LogP contribution in [0.1, 0.15) is 17.0 Å². The Bertz CT molecular complexity index is 1270. The van der Waals surface area contributed by atoms with Gasteiger partial charge in [0.25, 0.3) is 5.56 Å². The van der Waals surface area contributed by atoms with E-state index in [2.05, 4.69) is 15.3 Å². The number of benzene rings is 1. The number of nitrogens with zero attached hydrogens (tertiary/aromatic N) is 2. The molecule has 0 unspecified atom stereocenters. The van der Waals surface area contributed by atoms with Crippen LogP contribution in [-0.2, 0) is 22.2 Å². The molecule has 3 heterocycles. The van der Waals surface area contributed by atoms with Gasteiger partial charge < -0.3 is 15.2 Å². The second kappa shape index (κ2) is 7.95. The number of halogens is 3. The molecular formula is C22H17F3N4O3. The molecule has 10 heteroatoms. The molecule has 0 aliphatic carbocycles. The van der Waals surface area contributed by atoms with Crippen LogP contribution in [-0.4, -0.2) is 28.3 Å². The van der Waals surface area contributed by atoms with Gasteiger partial charge in [-0.1, -0.05) is 6.07 Å². The Balaban J connectivity index is 1.65. The van der Waals surface area contributed by atoms with Crippen molar-refractivity contribution in [2.45, 2.75) is 19.5 Å². The number of rotatable bonds is 3. The fourth-order valence-corrected chi connectivity index (χ4v) is 3.58. The lowest BCUT2D eigenvalue weighted by Gasteiger charge is -2.22. The number of carbonyl (C=O) groups is 2. The van der Waals surface area contributed by atoms with Gasteiger partial charge in [-0.3, -0.25) is 19.4 Å². The van der Waals surface area contributed by atoms with Crippen LogP contribution >= 0.6 is 0 Å². The van der Waals surface area contributed by atoms with Gasteiger partial charge in [-0.15, -0.1) is 0 Å². The first kappa shape index (κ1) is 21.3. The van der Waals surface area contributed by atoms with Crippen LogP contribution in [0, 0.1) is 6.92 Å². The number of nitrogens with one attached hydrogen (secondary N) is 2. The minimum atomic E-state index is -4.49. The summed E-state index contributed by atoms with van der Waals surface area (Å²) in [6.07, 6.45) is -3.09. The third kappa shape index (κ3) is 4.11. The van der Waals surface area contributed by atoms with Gasteiger partial charge in [-0.05, 0) is 43.3 Å². The summed E-state index contributed by atoms with van der Waals surface area (Å²) in [5, 5.41) is 2.49. The maximum absolute atomic E-state index is 13.0. The van der Waals surface area contributed by atoms with E-state index in [1.165, 1.54) is 11.1 Å². The highest BCUT2D eigenvalue weighted by Gasteiger charge is 2.31. The molecule has 1 aliphatic rings. The number of aromatic nitrogens is 2. The molecule has 3 aromatic rings. The highest BCUT2D eigenvalue weighted by atomic mass is 19.4. The SMILES string of the molecule is Cc1cc2c(c(=O)[nH]1)-c1cccnc1CC(=O)N2CC(=O)Nc1ccc(C(F)(F)F)cc1. The lowest BCUT2D eigenvalue weighted by Crippen LogP contribution is -2.39. The number of aromatic amines is 1. The number of pyridine rings is 2. The van der Waals surface area contributed by atoms with Crippen LogP contribution in [0.15, 0.2) is 53.5 Å². The number of alkyl halides is 3. The molecule has 2 aromatic heterocycles. The summed E-state index contributed by atoms with van der Waals surface area (Å²) in [7, 11) is 0. The van der Waals surface area contributed by atoms with E-state index in [-0.39, 0.29) is 23.4 Å². The standard InChI is InChI=1S/C22H17F3N4O3/c1-12-9-17-20(21(32)27-12)15-3-2-8-26-16(15)10-19(31)29(17)11-18(30)28-14-6-4-13(5-7-14)22(23,24)25/h2-9H,10-11H2,1H3,(H,27,32)(H,28,30). The van der Waals surface area contributed by atoms with Gasteiger partial charge >= 0.3 is 6.18 Å². The van der Waals surface area contributed by atoms with Gasteiger partial charge in [-0.25, -0.2) is 0 Å². The van der Waals surface area contributed by atoms with Crippen molar-refractivity contribution in [2.75, 3.05) is 16.8 Å². The van der Waals surface area contributed by atoms with Crippen molar-refractivity contribution in [3.8, 4) is 11.1 Å². The summed E-state index contributed by atoms with van der Waals surface area (Å²) in [6, 6.07) is 8.91. The van der Waals surface area contributed by atoms with Crippen LogP contribution in [0.3, 0.4) is 0 Å². The largest absolute Gasteiger partial charge is 0.416 e. The molecule has 0 radical (unpaired) electrons. The smallest absolute Gasteiger partial charge is 0.326 e. The van der Waals surface area contributed by atoms with Crippen molar-refractivity contribution < 1.29 is 22.8 Å². The molecule has 0 bridgehead atoms. The van der Waals surface area contributed by atoms with Crippen LogP contribution in [0.4, 0.5) is 24.5 Å². The van der Waals surface area contributed by atoms with E-state index in [1.54, 1.807) is 25.1 Å². The number of hydrogen-bond acceptors (Lipinski definition) is 4. The number of fused-ring (bicyclic) bond motifs is 3. The third-order valence-corrected chi connectivity index (χ3v) is 5.01. The van der Waals surface area contributed by atoms with Gasteiger partial charge in [0.2, 0.25) is 11.8 Å². The van der Waals surface area contributed by atoms with Crippen LogP contribution in [0.5, 0.6) is 0 Å². The van der Waals surface area contributed by atoms with Gasteiger partial charge in [0.15, 0.2) is 0 Å². The zero-order chi connectivity index (χ0) is 23.0. The predicted molar refractivity (Wildman–Crippen MR) is 111 cm³/mol. The van der Waals surface area contributed by atoms with E-state index < -0.39 is 35.7 Å². The van der Waals surface area contributed by atoms with Crippen molar-refractivity contribution in [2.24, 2.45) is 0 Å². The highest BCUT2D eigenvalue weighted by Crippen LogP contribution is 2.34. The zero-order valence-corrected chi connectivity index (χ0v) is 16.8. The first-order valence-electron chi connectivity index (χ1n) is 9.59. The fourth-order valence-electron chi connectivity index (χ4n) is 3.58. The molecule has 1 aromatic carbocycles. The maximum atomic E-state index is 13.0. The van der Waals surface area contributed by atoms with Crippen LogP contribution in [0.2, 0.25) is 0 Å². The average molecular weight is 442 g/mol. The summed E-state index contributed by atoms with van der Waals surface area (Å²) in [5.74, 6) is -1.06. The first-order chi connectivity index (χ1) is 15.1. The summed E-state index contributed by atoms with van der Waals surface area (Å²) in [6.45, 7) is 1.23. The van der Waals surface area contributed by atoms with Gasteiger partial charge in [0.1, 0.15) is 6.54 Å². The Morgan fingerprint density at radius 3 is 2.59 bits per heavy atom. The molecular weight excluding hydrogens is 425 g/mol. The topological polar surface area (TPSA) is 95.2 Å². The van der Waals surface area contributed by atoms with E-state index >= 15 is 0 Å². The summed E-state index contributed by atoms with van der Waals surface area (Å²) in [5.41, 5.74) is 0.808. The normalized spacial score (nSPS) is 13.2. The van der Waals surface area contributed by atoms with Crippen LogP contribution in [0.25, 0.3) is 11.1 Å². The molecule has 32 heavy (non-hydrogen) atoms. The number of anilines is 2. The fraction of sp³-hybridized carbons (Fsp3) is 0.182. The van der Waals surface area contributed by atoms with E-state index in [9.17, 15) is 27.6 Å². The Kier molecular flexibility index (Phi) is 5.29. The van der Waals surface area contributed by atoms with Gasteiger partial charge in [0, 0.05) is 23.1 Å². The van der Waals surface area contributed by atoms with E-state index in [0.29, 0.717) is 17.0 Å². The predicted octanol–water partition coefficient (Wildman–Crippen LogP) is 3.29. The Morgan fingerprint density at radius 2 is 1.91 bits per heavy atom. The van der Waals surface area contributed by atoms with Crippen molar-refractivity contribution in [1.82, 2.24) is 9.97 Å². The lowest BCUT2D eigenvalue weighted by atomic mass is 10.0. The minimum absolute atomic E-state index is 0.114. The average Bonchev–Trinajstić information content (AvgIpc) is 2.82. The lowest BCUT2D eigenvalue weighted by molar-refractivity contribution is -0.137. The molecule has 0 spiro atoms. The number of amides is 2. The maximum Gasteiger partial charge on any atom is 0.416 e. The van der Waals surface area contributed by atoms with Crippen LogP contribution < -0.4 is 15.8 Å². The van der Waals surface area contributed by atoms with Crippen molar-refractivity contribution in [1.29, 1.82) is 0 Å². The second-order valence-corrected chi connectivity index (χ2v) is 7.32. The summed E-state index contributed by atoms with van der Waals surface area (Å²) < 4.78 is 38.2. The number of carbonyl (C=O) groups excluding carboxylic acids is 2. The molecule has 4 rings (SSSR count). The second-order valence-electron chi connectivity index (χ2n) is 7.32. The van der Waals surface area contributed by atoms with Gasteiger partial charge in [0.05, 0.1) is 28.9 Å².